The summed E-state index contributed by atoms with van der Waals surface area (Å²) in [6, 6.07) is 1.01. The van der Waals surface area contributed by atoms with Crippen LogP contribution < -0.4 is 5.32 Å². The van der Waals surface area contributed by atoms with Gasteiger partial charge >= 0.3 is 6.18 Å². The van der Waals surface area contributed by atoms with Gasteiger partial charge in [-0.05, 0) is 53.6 Å². The van der Waals surface area contributed by atoms with Gasteiger partial charge in [0.05, 0.1) is 17.7 Å². The van der Waals surface area contributed by atoms with E-state index in [1.54, 1.807) is 0 Å². The summed E-state index contributed by atoms with van der Waals surface area (Å²) in [5, 5.41) is 12.5. The lowest BCUT2D eigenvalue weighted by Crippen LogP contribution is -2.45. The predicted octanol–water partition coefficient (Wildman–Crippen LogP) is 4.22. The molecule has 21 heavy (non-hydrogen) atoms. The van der Waals surface area contributed by atoms with Gasteiger partial charge in [-0.2, -0.15) is 13.2 Å². The zero-order valence-electron chi connectivity index (χ0n) is 11.7. The van der Waals surface area contributed by atoms with Crippen molar-refractivity contribution in [3.8, 4) is 0 Å². The van der Waals surface area contributed by atoms with E-state index in [4.69, 9.17) is 0 Å². The second kappa shape index (κ2) is 6.12. The first-order valence-corrected chi connectivity index (χ1v) is 7.67. The van der Waals surface area contributed by atoms with Crippen LogP contribution in [0.5, 0.6) is 0 Å². The van der Waals surface area contributed by atoms with Crippen LogP contribution in [-0.4, -0.2) is 22.2 Å². The van der Waals surface area contributed by atoms with Crippen molar-refractivity contribution in [3.05, 3.63) is 22.3 Å². The Balaban J connectivity index is 2.30. The summed E-state index contributed by atoms with van der Waals surface area (Å²) in [5.41, 5.74) is -1.53. The maximum absolute atomic E-state index is 13.1. The van der Waals surface area contributed by atoms with Crippen LogP contribution in [0.1, 0.15) is 38.2 Å². The van der Waals surface area contributed by atoms with Gasteiger partial charge in [-0.25, -0.2) is 4.98 Å². The highest BCUT2D eigenvalue weighted by Crippen LogP contribution is 2.39. The van der Waals surface area contributed by atoms with Gasteiger partial charge in [0.2, 0.25) is 0 Å². The smallest absolute Gasteiger partial charge is 0.394 e. The van der Waals surface area contributed by atoms with E-state index < -0.39 is 17.3 Å². The molecule has 0 saturated heterocycles. The SMILES string of the molecule is CC1CCC(CO)(Nc2ncc(Br)cc2C(F)(F)F)CC1. The molecule has 7 heteroatoms. The van der Waals surface area contributed by atoms with Crippen LogP contribution in [0.25, 0.3) is 0 Å². The number of alkyl halides is 3. The molecule has 0 radical (unpaired) electrons. The average Bonchev–Trinajstić information content (AvgIpc) is 2.42. The quantitative estimate of drug-likeness (QED) is 0.841. The van der Waals surface area contributed by atoms with Crippen molar-refractivity contribution >= 4 is 21.7 Å². The first kappa shape index (κ1) is 16.5. The van der Waals surface area contributed by atoms with E-state index >= 15 is 0 Å². The molecule has 1 aromatic heterocycles. The Labute approximate surface area is 130 Å². The van der Waals surface area contributed by atoms with E-state index in [2.05, 4.69) is 33.2 Å². The lowest BCUT2D eigenvalue weighted by molar-refractivity contribution is -0.137. The fraction of sp³-hybridized carbons (Fsp3) is 0.643. The molecular weight excluding hydrogens is 349 g/mol. The number of halogens is 4. The Bertz CT molecular complexity index is 499. The Kier molecular flexibility index (Phi) is 4.82. The molecule has 0 spiro atoms. The van der Waals surface area contributed by atoms with Crippen molar-refractivity contribution in [2.75, 3.05) is 11.9 Å². The lowest BCUT2D eigenvalue weighted by atomic mass is 9.77. The summed E-state index contributed by atoms with van der Waals surface area (Å²) in [7, 11) is 0. The van der Waals surface area contributed by atoms with E-state index in [0.717, 1.165) is 18.9 Å². The number of nitrogens with zero attached hydrogens (tertiary/aromatic N) is 1. The van der Waals surface area contributed by atoms with Crippen molar-refractivity contribution in [3.63, 3.8) is 0 Å². The molecule has 3 nitrogen and oxygen atoms in total. The second-order valence-electron chi connectivity index (χ2n) is 5.79. The summed E-state index contributed by atoms with van der Waals surface area (Å²) < 4.78 is 39.6. The highest BCUT2D eigenvalue weighted by Gasteiger charge is 2.39. The van der Waals surface area contributed by atoms with Crippen molar-refractivity contribution in [2.24, 2.45) is 5.92 Å². The highest BCUT2D eigenvalue weighted by atomic mass is 79.9. The van der Waals surface area contributed by atoms with E-state index in [9.17, 15) is 18.3 Å². The van der Waals surface area contributed by atoms with Crippen LogP contribution >= 0.6 is 15.9 Å². The molecule has 1 saturated carbocycles. The van der Waals surface area contributed by atoms with Gasteiger partial charge in [0.15, 0.2) is 0 Å². The van der Waals surface area contributed by atoms with E-state index in [1.165, 1.54) is 6.20 Å². The molecule has 0 bridgehead atoms. The minimum absolute atomic E-state index is 0.200. The summed E-state index contributed by atoms with van der Waals surface area (Å²) in [6.45, 7) is 1.91. The summed E-state index contributed by atoms with van der Waals surface area (Å²) in [6.07, 6.45) is -0.123. The van der Waals surface area contributed by atoms with Gasteiger partial charge in [-0.1, -0.05) is 6.92 Å². The Morgan fingerprint density at radius 1 is 1.43 bits per heavy atom. The van der Waals surface area contributed by atoms with Crippen molar-refractivity contribution < 1.29 is 18.3 Å². The van der Waals surface area contributed by atoms with Crippen LogP contribution in [0.2, 0.25) is 0 Å². The fourth-order valence-electron chi connectivity index (χ4n) is 2.64. The predicted molar refractivity (Wildman–Crippen MR) is 78.0 cm³/mol. The van der Waals surface area contributed by atoms with Crippen LogP contribution in [0, 0.1) is 5.92 Å². The number of nitrogens with one attached hydrogen (secondary N) is 1. The van der Waals surface area contributed by atoms with Crippen LogP contribution in [0.4, 0.5) is 19.0 Å². The van der Waals surface area contributed by atoms with Gasteiger partial charge in [-0.15, -0.1) is 0 Å². The largest absolute Gasteiger partial charge is 0.419 e. The van der Waals surface area contributed by atoms with Crippen LogP contribution in [0.3, 0.4) is 0 Å². The molecule has 0 aromatic carbocycles. The normalized spacial score (nSPS) is 26.7. The minimum Gasteiger partial charge on any atom is -0.394 e. The number of anilines is 1. The van der Waals surface area contributed by atoms with Crippen LogP contribution in [-0.2, 0) is 6.18 Å². The monoisotopic (exact) mass is 366 g/mol. The molecule has 1 fully saturated rings. The van der Waals surface area contributed by atoms with Gasteiger partial charge in [0.1, 0.15) is 5.82 Å². The molecule has 2 rings (SSSR count). The first-order valence-electron chi connectivity index (χ1n) is 6.87. The van der Waals surface area contributed by atoms with Gasteiger partial charge in [0.25, 0.3) is 0 Å². The molecule has 0 aliphatic heterocycles. The Morgan fingerprint density at radius 3 is 2.57 bits per heavy atom. The summed E-state index contributed by atoms with van der Waals surface area (Å²) in [4.78, 5) is 3.86. The number of aliphatic hydroxyl groups is 1. The standard InChI is InChI=1S/C14H18BrF3N2O/c1-9-2-4-13(8-21,5-3-9)20-12-11(14(16,17)18)6-10(15)7-19-12/h6-7,9,21H,2-5,8H2,1H3,(H,19,20). The molecule has 1 aliphatic carbocycles. The van der Waals surface area contributed by atoms with Gasteiger partial charge in [0, 0.05) is 10.7 Å². The summed E-state index contributed by atoms with van der Waals surface area (Å²) in [5.74, 6) is 0.320. The molecule has 1 heterocycles. The number of aromatic nitrogens is 1. The minimum atomic E-state index is -4.49. The van der Waals surface area contributed by atoms with Crippen molar-refractivity contribution in [1.29, 1.82) is 0 Å². The second-order valence-corrected chi connectivity index (χ2v) is 6.71. The third-order valence-electron chi connectivity index (χ3n) is 4.08. The number of rotatable bonds is 3. The van der Waals surface area contributed by atoms with Crippen molar-refractivity contribution in [1.82, 2.24) is 4.98 Å². The molecule has 0 amide bonds. The van der Waals surface area contributed by atoms with E-state index in [0.29, 0.717) is 18.8 Å². The molecule has 1 aromatic rings. The molecular formula is C14H18BrF3N2O. The van der Waals surface area contributed by atoms with Gasteiger partial charge < -0.3 is 10.4 Å². The Hall–Kier alpha value is -0.820. The molecule has 0 unspecified atom stereocenters. The maximum atomic E-state index is 13.1. The zero-order valence-corrected chi connectivity index (χ0v) is 13.3. The number of pyridine rings is 1. The van der Waals surface area contributed by atoms with Crippen molar-refractivity contribution in [2.45, 2.75) is 44.3 Å². The molecule has 2 N–H and O–H groups in total. The summed E-state index contributed by atoms with van der Waals surface area (Å²) >= 11 is 3.01. The molecule has 118 valence electrons. The lowest BCUT2D eigenvalue weighted by Gasteiger charge is -2.39. The zero-order chi connectivity index (χ0) is 15.7. The Morgan fingerprint density at radius 2 is 2.05 bits per heavy atom. The number of hydrogen-bond donors (Lipinski definition) is 2. The third kappa shape index (κ3) is 3.88. The number of aliphatic hydroxyl groups excluding tert-OH is 1. The third-order valence-corrected chi connectivity index (χ3v) is 4.51. The van der Waals surface area contributed by atoms with Crippen LogP contribution in [0.15, 0.2) is 16.7 Å². The maximum Gasteiger partial charge on any atom is 0.419 e. The molecule has 1 aliphatic rings. The fourth-order valence-corrected chi connectivity index (χ4v) is 2.97. The topological polar surface area (TPSA) is 45.1 Å². The average molecular weight is 367 g/mol. The number of hydrogen-bond acceptors (Lipinski definition) is 3. The van der Waals surface area contributed by atoms with E-state index in [1.807, 2.05) is 0 Å². The van der Waals surface area contributed by atoms with E-state index in [-0.39, 0.29) is 16.9 Å². The first-order chi connectivity index (χ1) is 9.76. The molecule has 0 atom stereocenters. The van der Waals surface area contributed by atoms with Gasteiger partial charge in [-0.3, -0.25) is 0 Å². The highest BCUT2D eigenvalue weighted by molar-refractivity contribution is 9.10.